The lowest BCUT2D eigenvalue weighted by Gasteiger charge is -2.33. The Kier molecular flexibility index (Phi) is 9.71. The first kappa shape index (κ1) is 26.9. The Morgan fingerprint density at radius 1 is 1.03 bits per heavy atom. The molecule has 2 N–H and O–H groups in total. The molecule has 0 spiro atoms. The molecular weight excluding hydrogens is 464 g/mol. The van der Waals surface area contributed by atoms with Crippen LogP contribution in [-0.4, -0.2) is 81.1 Å². The van der Waals surface area contributed by atoms with Crippen molar-refractivity contribution in [3.05, 3.63) is 77.5 Å². The molecule has 1 fully saturated rings. The number of carboxylic acid groups (broad SMARTS) is 1. The third kappa shape index (κ3) is 8.70. The van der Waals surface area contributed by atoms with Crippen molar-refractivity contribution in [1.82, 2.24) is 30.1 Å². The Balaban J connectivity index is 1.32. The first-order valence-corrected chi connectivity index (χ1v) is 13.2. The number of carbonyl (C=O) groups is 1. The Morgan fingerprint density at radius 2 is 1.81 bits per heavy atom. The highest BCUT2D eigenvalue weighted by Gasteiger charge is 2.18. The van der Waals surface area contributed by atoms with Gasteiger partial charge in [-0.25, -0.2) is 9.97 Å². The summed E-state index contributed by atoms with van der Waals surface area (Å²) in [6.07, 6.45) is 6.44. The van der Waals surface area contributed by atoms with E-state index in [1.807, 2.05) is 23.4 Å². The fraction of sp³-hybridized carbons (Fsp3) is 0.448. The Labute approximate surface area is 219 Å². The fourth-order valence-electron chi connectivity index (χ4n) is 4.60. The molecule has 1 aromatic carbocycles. The number of nitrogens with one attached hydrogen (secondary N) is 1. The molecule has 0 atom stereocenters. The number of aliphatic carboxylic acids is 1. The van der Waals surface area contributed by atoms with Crippen LogP contribution in [0.25, 0.3) is 11.3 Å². The zero-order valence-corrected chi connectivity index (χ0v) is 21.9. The molecule has 37 heavy (non-hydrogen) atoms. The highest BCUT2D eigenvalue weighted by Crippen LogP contribution is 2.18. The van der Waals surface area contributed by atoms with Crippen molar-refractivity contribution >= 4 is 5.97 Å². The van der Waals surface area contributed by atoms with Crippen LogP contribution in [-0.2, 0) is 24.2 Å². The van der Waals surface area contributed by atoms with Crippen molar-refractivity contribution in [2.75, 3.05) is 39.3 Å². The van der Waals surface area contributed by atoms with E-state index in [2.05, 4.69) is 70.4 Å². The predicted molar refractivity (Wildman–Crippen MR) is 145 cm³/mol. The quantitative estimate of drug-likeness (QED) is 0.365. The van der Waals surface area contributed by atoms with Crippen molar-refractivity contribution in [3.63, 3.8) is 0 Å². The van der Waals surface area contributed by atoms with E-state index in [1.165, 1.54) is 11.1 Å². The first-order chi connectivity index (χ1) is 17.9. The molecule has 0 bridgehead atoms. The van der Waals surface area contributed by atoms with Crippen LogP contribution in [0.4, 0.5) is 0 Å². The monoisotopic (exact) mass is 502 g/mol. The number of nitrogens with zero attached hydrogens (tertiary/aromatic N) is 5. The van der Waals surface area contributed by atoms with Crippen LogP contribution >= 0.6 is 0 Å². The average molecular weight is 503 g/mol. The highest BCUT2D eigenvalue weighted by atomic mass is 16.4. The van der Waals surface area contributed by atoms with Crippen LogP contribution in [0.2, 0.25) is 0 Å². The lowest BCUT2D eigenvalue weighted by Crippen LogP contribution is -2.47. The molecule has 1 aliphatic heterocycles. The number of carboxylic acids is 1. The summed E-state index contributed by atoms with van der Waals surface area (Å²) in [4.78, 5) is 29.3. The lowest BCUT2D eigenvalue weighted by atomic mass is 10.1. The average Bonchev–Trinajstić information content (AvgIpc) is 2.88. The Hall–Kier alpha value is -3.20. The van der Waals surface area contributed by atoms with Gasteiger partial charge < -0.3 is 10.4 Å². The number of piperazine rings is 1. The smallest absolute Gasteiger partial charge is 0.317 e. The molecule has 2 aromatic heterocycles. The molecule has 8 heteroatoms. The molecule has 0 radical (unpaired) electrons. The molecular formula is C29H38N6O2. The van der Waals surface area contributed by atoms with Gasteiger partial charge in [-0.2, -0.15) is 0 Å². The molecule has 3 aromatic rings. The van der Waals surface area contributed by atoms with Gasteiger partial charge in [0.25, 0.3) is 0 Å². The SMILES string of the molecule is CC(C)NCCCc1ccc(-c2ccnc(Cc3cccc(CN4CCN(CC(=O)O)CC4)c3)n2)cn1. The van der Waals surface area contributed by atoms with Crippen molar-refractivity contribution in [3.8, 4) is 11.3 Å². The van der Waals surface area contributed by atoms with Gasteiger partial charge in [-0.05, 0) is 48.7 Å². The Bertz CT molecular complexity index is 1140. The summed E-state index contributed by atoms with van der Waals surface area (Å²) >= 11 is 0. The number of rotatable bonds is 12. The third-order valence-corrected chi connectivity index (χ3v) is 6.57. The van der Waals surface area contributed by atoms with E-state index in [1.54, 1.807) is 0 Å². The van der Waals surface area contributed by atoms with E-state index in [-0.39, 0.29) is 6.54 Å². The summed E-state index contributed by atoms with van der Waals surface area (Å²) in [5.41, 5.74) is 5.43. The van der Waals surface area contributed by atoms with E-state index >= 15 is 0 Å². The minimum Gasteiger partial charge on any atom is -0.480 e. The number of aryl methyl sites for hydroxylation is 1. The summed E-state index contributed by atoms with van der Waals surface area (Å²) in [5.74, 6) is 0.0341. The van der Waals surface area contributed by atoms with Crippen LogP contribution < -0.4 is 5.32 Å². The molecule has 0 unspecified atom stereocenters. The highest BCUT2D eigenvalue weighted by molar-refractivity contribution is 5.69. The zero-order chi connectivity index (χ0) is 26.0. The van der Waals surface area contributed by atoms with E-state index < -0.39 is 5.97 Å². The summed E-state index contributed by atoms with van der Waals surface area (Å²) in [6.45, 7) is 9.65. The van der Waals surface area contributed by atoms with Crippen molar-refractivity contribution in [2.45, 2.75) is 45.7 Å². The summed E-state index contributed by atoms with van der Waals surface area (Å²) < 4.78 is 0. The zero-order valence-electron chi connectivity index (χ0n) is 21.9. The molecule has 0 amide bonds. The second-order valence-electron chi connectivity index (χ2n) is 10.1. The summed E-state index contributed by atoms with van der Waals surface area (Å²) in [6, 6.07) is 15.2. The largest absolute Gasteiger partial charge is 0.480 e. The maximum Gasteiger partial charge on any atom is 0.317 e. The van der Waals surface area contributed by atoms with Crippen molar-refractivity contribution in [1.29, 1.82) is 0 Å². The molecule has 196 valence electrons. The van der Waals surface area contributed by atoms with Crippen LogP contribution in [0, 0.1) is 0 Å². The topological polar surface area (TPSA) is 94.5 Å². The van der Waals surface area contributed by atoms with Gasteiger partial charge in [0, 0.05) is 68.8 Å². The van der Waals surface area contributed by atoms with Gasteiger partial charge in [0.15, 0.2) is 0 Å². The second-order valence-corrected chi connectivity index (χ2v) is 10.1. The molecule has 3 heterocycles. The maximum absolute atomic E-state index is 10.9. The van der Waals surface area contributed by atoms with Crippen molar-refractivity contribution < 1.29 is 9.90 Å². The van der Waals surface area contributed by atoms with Gasteiger partial charge in [-0.1, -0.05) is 38.1 Å². The minimum atomic E-state index is -0.758. The van der Waals surface area contributed by atoms with Crippen LogP contribution in [0.1, 0.15) is 42.9 Å². The fourth-order valence-corrected chi connectivity index (χ4v) is 4.60. The van der Waals surface area contributed by atoms with Gasteiger partial charge in [0.05, 0.1) is 12.2 Å². The van der Waals surface area contributed by atoms with Crippen LogP contribution in [0.15, 0.2) is 54.9 Å². The van der Waals surface area contributed by atoms with Gasteiger partial charge in [-0.3, -0.25) is 19.6 Å². The number of benzene rings is 1. The van der Waals surface area contributed by atoms with E-state index in [9.17, 15) is 4.79 Å². The number of hydrogen-bond donors (Lipinski definition) is 2. The first-order valence-electron chi connectivity index (χ1n) is 13.2. The third-order valence-electron chi connectivity index (χ3n) is 6.57. The van der Waals surface area contributed by atoms with Gasteiger partial charge in [-0.15, -0.1) is 0 Å². The standard InChI is InChI=1S/C29H38N6O2/c1-22(2)30-11-4-7-26-9-8-25(19-32-26)27-10-12-31-28(33-27)18-23-5-3-6-24(17-23)20-34-13-15-35(16-14-34)21-29(36)37/h3,5-6,8-10,12,17,19,22,30H,4,7,11,13-16,18,20-21H2,1-2H3,(H,36,37). The van der Waals surface area contributed by atoms with Crippen LogP contribution in [0.3, 0.4) is 0 Å². The molecule has 1 aliphatic rings. The van der Waals surface area contributed by atoms with Gasteiger partial charge in [0.2, 0.25) is 0 Å². The Morgan fingerprint density at radius 3 is 2.54 bits per heavy atom. The van der Waals surface area contributed by atoms with Crippen molar-refractivity contribution in [2.24, 2.45) is 0 Å². The van der Waals surface area contributed by atoms with E-state index in [0.29, 0.717) is 12.5 Å². The number of pyridine rings is 1. The van der Waals surface area contributed by atoms with E-state index in [0.717, 1.165) is 74.9 Å². The van der Waals surface area contributed by atoms with Crippen LogP contribution in [0.5, 0.6) is 0 Å². The summed E-state index contributed by atoms with van der Waals surface area (Å²) in [5, 5.41) is 12.4. The lowest BCUT2D eigenvalue weighted by molar-refractivity contribution is -0.138. The molecule has 0 aliphatic carbocycles. The second kappa shape index (κ2) is 13.4. The maximum atomic E-state index is 10.9. The normalized spacial score (nSPS) is 14.8. The van der Waals surface area contributed by atoms with E-state index in [4.69, 9.17) is 10.1 Å². The molecule has 1 saturated heterocycles. The molecule has 8 nitrogen and oxygen atoms in total. The predicted octanol–water partition coefficient (Wildman–Crippen LogP) is 3.26. The molecule has 0 saturated carbocycles. The number of aromatic nitrogens is 3. The van der Waals surface area contributed by atoms with Gasteiger partial charge >= 0.3 is 5.97 Å². The summed E-state index contributed by atoms with van der Waals surface area (Å²) in [7, 11) is 0. The minimum absolute atomic E-state index is 0.124. The van der Waals surface area contributed by atoms with Gasteiger partial charge in [0.1, 0.15) is 5.82 Å². The number of hydrogen-bond acceptors (Lipinski definition) is 7. The molecule has 4 rings (SSSR count).